The molecular weight excluding hydrogens is 296 g/mol. The molecule has 3 aromatic rings. The Balaban J connectivity index is 1.92. The van der Waals surface area contributed by atoms with E-state index in [-0.39, 0.29) is 0 Å². The summed E-state index contributed by atoms with van der Waals surface area (Å²) in [7, 11) is -3.47. The maximum atomic E-state index is 11.8. The van der Waals surface area contributed by atoms with Crippen LogP contribution in [0.15, 0.2) is 60.7 Å². The molecule has 0 radical (unpaired) electrons. The largest absolute Gasteiger partial charge is 0.299 e. The number of para-hydroxylation sites is 1. The van der Waals surface area contributed by atoms with Gasteiger partial charge in [0.2, 0.25) is 0 Å². The van der Waals surface area contributed by atoms with E-state index in [0.717, 1.165) is 22.1 Å². The molecule has 5 heteroatoms. The number of anilines is 1. The van der Waals surface area contributed by atoms with E-state index < -0.39 is 10.2 Å². The molecule has 4 nitrogen and oxygen atoms in total. The molecule has 0 aliphatic carbocycles. The van der Waals surface area contributed by atoms with Crippen molar-refractivity contribution >= 4 is 26.7 Å². The third-order valence-electron chi connectivity index (χ3n) is 3.90. The van der Waals surface area contributed by atoms with Crippen LogP contribution >= 0.6 is 0 Å². The number of hydrogen-bond acceptors (Lipinski definition) is 2. The molecule has 0 aromatic heterocycles. The summed E-state index contributed by atoms with van der Waals surface area (Å²) >= 11 is 0. The first kappa shape index (κ1) is 13.3. The summed E-state index contributed by atoms with van der Waals surface area (Å²) in [5, 5.41) is 2.30. The summed E-state index contributed by atoms with van der Waals surface area (Å²) in [5.74, 6) is 0. The van der Waals surface area contributed by atoms with E-state index in [0.29, 0.717) is 12.2 Å². The molecule has 0 unspecified atom stereocenters. The Morgan fingerprint density at radius 2 is 1.68 bits per heavy atom. The van der Waals surface area contributed by atoms with Crippen LogP contribution in [0.4, 0.5) is 5.69 Å². The smallest absolute Gasteiger partial charge is 0.270 e. The van der Waals surface area contributed by atoms with E-state index in [2.05, 4.69) is 33.7 Å². The zero-order chi connectivity index (χ0) is 15.2. The van der Waals surface area contributed by atoms with Gasteiger partial charge in [0.15, 0.2) is 0 Å². The number of rotatable bonds is 1. The van der Waals surface area contributed by atoms with Gasteiger partial charge < -0.3 is 0 Å². The van der Waals surface area contributed by atoms with Crippen molar-refractivity contribution in [2.75, 3.05) is 4.72 Å². The Morgan fingerprint density at radius 3 is 2.55 bits per heavy atom. The SMILES string of the molecule is O=S1(=O)NCc2cccc(-c3ccc4ccccc4c3)c2N1. The average Bonchev–Trinajstić information content (AvgIpc) is 2.53. The van der Waals surface area contributed by atoms with E-state index >= 15 is 0 Å². The fourth-order valence-corrected chi connectivity index (χ4v) is 3.74. The quantitative estimate of drug-likeness (QED) is 0.725. The summed E-state index contributed by atoms with van der Waals surface area (Å²) in [6, 6.07) is 20.1. The molecule has 1 aliphatic rings. The number of benzene rings is 3. The lowest BCUT2D eigenvalue weighted by Gasteiger charge is -2.22. The summed E-state index contributed by atoms with van der Waals surface area (Å²) in [5.41, 5.74) is 3.51. The van der Waals surface area contributed by atoms with E-state index in [1.165, 1.54) is 5.39 Å². The molecule has 0 bridgehead atoms. The van der Waals surface area contributed by atoms with Crippen molar-refractivity contribution in [1.29, 1.82) is 0 Å². The number of fused-ring (bicyclic) bond motifs is 2. The Hall–Kier alpha value is -2.37. The van der Waals surface area contributed by atoms with Crippen LogP contribution in [-0.2, 0) is 16.8 Å². The normalized spacial score (nSPS) is 16.0. The van der Waals surface area contributed by atoms with Gasteiger partial charge in [0.1, 0.15) is 0 Å². The average molecular weight is 310 g/mol. The first-order valence-electron chi connectivity index (χ1n) is 7.01. The van der Waals surface area contributed by atoms with Gasteiger partial charge in [0, 0.05) is 12.1 Å². The monoisotopic (exact) mass is 310 g/mol. The second kappa shape index (κ2) is 4.83. The minimum atomic E-state index is -3.47. The molecular formula is C17H14N2O2S. The molecule has 0 amide bonds. The Kier molecular flexibility index (Phi) is 2.92. The third kappa shape index (κ3) is 2.24. The molecule has 0 fully saturated rings. The molecule has 110 valence electrons. The van der Waals surface area contributed by atoms with Crippen molar-refractivity contribution < 1.29 is 8.42 Å². The minimum Gasteiger partial charge on any atom is -0.270 e. The van der Waals surface area contributed by atoms with E-state index in [4.69, 9.17) is 0 Å². The van der Waals surface area contributed by atoms with Crippen molar-refractivity contribution in [3.63, 3.8) is 0 Å². The highest BCUT2D eigenvalue weighted by molar-refractivity contribution is 7.90. The maximum absolute atomic E-state index is 11.8. The molecule has 22 heavy (non-hydrogen) atoms. The number of hydrogen-bond donors (Lipinski definition) is 2. The molecule has 3 aromatic carbocycles. The van der Waals surface area contributed by atoms with Gasteiger partial charge in [-0.15, -0.1) is 0 Å². The van der Waals surface area contributed by atoms with Gasteiger partial charge in [-0.05, 0) is 28.0 Å². The van der Waals surface area contributed by atoms with Crippen LogP contribution in [0.25, 0.3) is 21.9 Å². The first-order valence-corrected chi connectivity index (χ1v) is 8.49. The zero-order valence-electron chi connectivity index (χ0n) is 11.7. The fraction of sp³-hybridized carbons (Fsp3) is 0.0588. The molecule has 0 atom stereocenters. The highest BCUT2D eigenvalue weighted by Gasteiger charge is 2.22. The van der Waals surface area contributed by atoms with Crippen LogP contribution < -0.4 is 9.44 Å². The first-order chi connectivity index (χ1) is 10.6. The van der Waals surface area contributed by atoms with Crippen LogP contribution in [0.3, 0.4) is 0 Å². The zero-order valence-corrected chi connectivity index (χ0v) is 12.5. The molecule has 0 saturated heterocycles. The van der Waals surface area contributed by atoms with Gasteiger partial charge in [-0.1, -0.05) is 54.6 Å². The summed E-state index contributed by atoms with van der Waals surface area (Å²) < 4.78 is 28.7. The molecule has 0 saturated carbocycles. The predicted octanol–water partition coefficient (Wildman–Crippen LogP) is 3.27. The summed E-state index contributed by atoms with van der Waals surface area (Å²) in [4.78, 5) is 0. The van der Waals surface area contributed by atoms with Crippen molar-refractivity contribution in [3.05, 3.63) is 66.2 Å². The van der Waals surface area contributed by atoms with Crippen LogP contribution in [0, 0.1) is 0 Å². The van der Waals surface area contributed by atoms with Gasteiger partial charge in [0.05, 0.1) is 5.69 Å². The fourth-order valence-electron chi connectivity index (χ4n) is 2.81. The van der Waals surface area contributed by atoms with Crippen LogP contribution in [0.2, 0.25) is 0 Å². The maximum Gasteiger partial charge on any atom is 0.299 e. The molecule has 1 heterocycles. The highest BCUT2D eigenvalue weighted by Crippen LogP contribution is 2.34. The Morgan fingerprint density at radius 1 is 0.864 bits per heavy atom. The Bertz CT molecular complexity index is 981. The molecule has 0 spiro atoms. The lowest BCUT2D eigenvalue weighted by Crippen LogP contribution is -2.34. The van der Waals surface area contributed by atoms with Crippen LogP contribution in [0.5, 0.6) is 0 Å². The number of nitrogens with one attached hydrogen (secondary N) is 2. The van der Waals surface area contributed by atoms with E-state index in [1.54, 1.807) is 0 Å². The van der Waals surface area contributed by atoms with Crippen LogP contribution in [0.1, 0.15) is 5.56 Å². The molecule has 2 N–H and O–H groups in total. The highest BCUT2D eigenvalue weighted by atomic mass is 32.2. The van der Waals surface area contributed by atoms with Crippen LogP contribution in [-0.4, -0.2) is 8.42 Å². The molecule has 4 rings (SSSR count). The topological polar surface area (TPSA) is 58.2 Å². The van der Waals surface area contributed by atoms with Gasteiger partial charge >= 0.3 is 0 Å². The summed E-state index contributed by atoms with van der Waals surface area (Å²) in [6.07, 6.45) is 0. The van der Waals surface area contributed by atoms with E-state index in [1.807, 2.05) is 36.4 Å². The van der Waals surface area contributed by atoms with Crippen molar-refractivity contribution in [2.24, 2.45) is 0 Å². The van der Waals surface area contributed by atoms with Crippen molar-refractivity contribution in [2.45, 2.75) is 6.54 Å². The second-order valence-corrected chi connectivity index (χ2v) is 6.83. The van der Waals surface area contributed by atoms with Gasteiger partial charge in [-0.25, -0.2) is 0 Å². The third-order valence-corrected chi connectivity index (χ3v) is 4.90. The van der Waals surface area contributed by atoms with Gasteiger partial charge in [-0.2, -0.15) is 13.1 Å². The predicted molar refractivity (Wildman–Crippen MR) is 88.8 cm³/mol. The summed E-state index contributed by atoms with van der Waals surface area (Å²) in [6.45, 7) is 0.312. The lowest BCUT2D eigenvalue weighted by molar-refractivity contribution is 0.584. The van der Waals surface area contributed by atoms with Gasteiger partial charge in [-0.3, -0.25) is 4.72 Å². The second-order valence-electron chi connectivity index (χ2n) is 5.33. The minimum absolute atomic E-state index is 0.312. The lowest BCUT2D eigenvalue weighted by atomic mass is 9.98. The Labute approximate surface area is 129 Å². The van der Waals surface area contributed by atoms with Crippen molar-refractivity contribution in [3.8, 4) is 11.1 Å². The standard InChI is InChI=1S/C17H14N2O2S/c20-22(21)18-11-15-6-3-7-16(17(15)19-22)14-9-8-12-4-1-2-5-13(12)10-14/h1-10,18-19H,11H2. The molecule has 1 aliphatic heterocycles. The van der Waals surface area contributed by atoms with Gasteiger partial charge in [0.25, 0.3) is 10.2 Å². The van der Waals surface area contributed by atoms with Crippen molar-refractivity contribution in [1.82, 2.24) is 4.72 Å². The van der Waals surface area contributed by atoms with E-state index in [9.17, 15) is 8.42 Å².